The molecule has 0 spiro atoms. The van der Waals surface area contributed by atoms with E-state index < -0.39 is 51.1 Å². The predicted octanol–water partition coefficient (Wildman–Crippen LogP) is 6.56. The molecule has 0 radical (unpaired) electrons. The van der Waals surface area contributed by atoms with Gasteiger partial charge in [0.15, 0.2) is 17.1 Å². The van der Waals surface area contributed by atoms with Gasteiger partial charge < -0.3 is 19.7 Å². The summed E-state index contributed by atoms with van der Waals surface area (Å²) in [6.07, 6.45) is 4.27. The van der Waals surface area contributed by atoms with E-state index in [-0.39, 0.29) is 41.4 Å². The second-order valence-electron chi connectivity index (χ2n) is 12.6. The van der Waals surface area contributed by atoms with E-state index in [2.05, 4.69) is 12.6 Å². The Morgan fingerprint density at radius 2 is 1.79 bits per heavy atom. The number of halogens is 2. The maximum atomic E-state index is 17.4. The summed E-state index contributed by atoms with van der Waals surface area (Å²) >= 11 is 10.1. The molecule has 0 saturated heterocycles. The summed E-state index contributed by atoms with van der Waals surface area (Å²) in [7, 11) is 0. The summed E-state index contributed by atoms with van der Waals surface area (Å²) in [5.41, 5.74) is -5.14. The first-order valence-corrected chi connectivity index (χ1v) is 15.1. The van der Waals surface area contributed by atoms with Gasteiger partial charge in [0.05, 0.1) is 16.7 Å². The van der Waals surface area contributed by atoms with Gasteiger partial charge >= 0.3 is 5.97 Å². The number of alkyl halides is 1. The van der Waals surface area contributed by atoms with E-state index in [1.807, 2.05) is 6.08 Å². The average Bonchev–Trinajstić information content (AvgIpc) is 3.24. The van der Waals surface area contributed by atoms with Crippen LogP contribution in [0.15, 0.2) is 66.3 Å². The number of esters is 1. The van der Waals surface area contributed by atoms with Crippen molar-refractivity contribution in [1.82, 2.24) is 0 Å². The van der Waals surface area contributed by atoms with Crippen molar-refractivity contribution >= 4 is 41.1 Å². The molecule has 0 aliphatic heterocycles. The number of benzene rings is 2. The topological polar surface area (TPSA) is 110 Å². The van der Waals surface area contributed by atoms with Gasteiger partial charge in [-0.15, -0.1) is 12.6 Å². The van der Waals surface area contributed by atoms with Gasteiger partial charge in [0.2, 0.25) is 5.12 Å². The second kappa shape index (κ2) is 10.2. The number of thiol groups is 1. The van der Waals surface area contributed by atoms with E-state index in [0.717, 1.165) is 0 Å². The molecule has 6 rings (SSSR count). The lowest BCUT2D eigenvalue weighted by molar-refractivity contribution is -0.209. The van der Waals surface area contributed by atoms with E-state index in [1.54, 1.807) is 38.1 Å². The fraction of sp³-hybridized carbons (Fsp3) is 0.424. The van der Waals surface area contributed by atoms with Crippen molar-refractivity contribution < 1.29 is 38.5 Å². The number of hydrogen-bond donors (Lipinski definition) is 3. The largest absolute Gasteiger partial charge is 0.506 e. The summed E-state index contributed by atoms with van der Waals surface area (Å²) in [6.45, 7) is 3.52. The van der Waals surface area contributed by atoms with Crippen LogP contribution in [0.2, 0.25) is 5.02 Å². The molecule has 10 heteroatoms. The molecule has 0 aromatic heterocycles. The zero-order valence-corrected chi connectivity index (χ0v) is 25.3. The normalized spacial score (nSPS) is 36.2. The summed E-state index contributed by atoms with van der Waals surface area (Å²) in [4.78, 5) is 38.9. The fourth-order valence-electron chi connectivity index (χ4n) is 8.23. The van der Waals surface area contributed by atoms with Gasteiger partial charge in [0.25, 0.3) is 0 Å². The average molecular weight is 627 g/mol. The summed E-state index contributed by atoms with van der Waals surface area (Å²) in [5, 5.41) is 20.7. The van der Waals surface area contributed by atoms with E-state index in [1.165, 1.54) is 30.3 Å². The number of ether oxygens (including phenoxy) is 2. The highest BCUT2D eigenvalue weighted by atomic mass is 35.5. The number of allylic oxidation sites excluding steroid dienone is 4. The Labute approximate surface area is 259 Å². The van der Waals surface area contributed by atoms with Crippen molar-refractivity contribution in [3.05, 3.63) is 76.9 Å². The molecule has 7 atom stereocenters. The number of hydrogen-bond acceptors (Lipinski definition) is 7. The third kappa shape index (κ3) is 4.30. The molecule has 226 valence electrons. The number of carbonyl (C=O) groups excluding carboxylic acids is 3. The molecule has 2 N–H and O–H groups in total. The zero-order chi connectivity index (χ0) is 30.9. The number of phenolic OH excluding ortho intramolecular Hbond substituents is 1. The van der Waals surface area contributed by atoms with Gasteiger partial charge in [-0.1, -0.05) is 36.2 Å². The van der Waals surface area contributed by atoms with Gasteiger partial charge in [0, 0.05) is 29.2 Å². The van der Waals surface area contributed by atoms with E-state index in [4.69, 9.17) is 21.1 Å². The minimum absolute atomic E-state index is 0.0773. The van der Waals surface area contributed by atoms with Crippen LogP contribution in [-0.4, -0.2) is 44.5 Å². The standard InChI is InChI=1S/C33H32ClFO7S/c1-30-13-11-20(36)15-19(30)5-9-24-23-12-14-32(29(40)43,31(23,2)17-27(38)33(24,30)35)42-28(39)18-3-6-21(7-4-18)41-22-8-10-26(37)25(34)16-22/h3-8,10-11,13,16,23-24,27,37-38H,9,12,14-15,17H2,1-2H3,(H,40,43)/t23-,24-,27-,30-,31-,32-,33-/m0/s1. The number of phenols is 1. The predicted molar refractivity (Wildman–Crippen MR) is 160 cm³/mol. The van der Waals surface area contributed by atoms with Crippen LogP contribution in [0.1, 0.15) is 56.3 Å². The Morgan fingerprint density at radius 1 is 1.09 bits per heavy atom. The number of ketones is 1. The third-order valence-electron chi connectivity index (χ3n) is 10.6. The highest BCUT2D eigenvalue weighted by molar-refractivity contribution is 7.96. The lowest BCUT2D eigenvalue weighted by Crippen LogP contribution is -2.68. The smallest absolute Gasteiger partial charge is 0.339 e. The number of fused-ring (bicyclic) bond motifs is 5. The molecule has 4 aliphatic rings. The van der Waals surface area contributed by atoms with Crippen LogP contribution in [0.4, 0.5) is 4.39 Å². The molecule has 2 saturated carbocycles. The summed E-state index contributed by atoms with van der Waals surface area (Å²) < 4.78 is 29.2. The van der Waals surface area contributed by atoms with Crippen LogP contribution in [-0.2, 0) is 14.3 Å². The molecular weight excluding hydrogens is 595 g/mol. The molecule has 2 fully saturated rings. The Morgan fingerprint density at radius 3 is 2.47 bits per heavy atom. The molecule has 0 amide bonds. The van der Waals surface area contributed by atoms with Crippen LogP contribution in [0.25, 0.3) is 0 Å². The third-order valence-corrected chi connectivity index (χ3v) is 11.2. The molecule has 0 bridgehead atoms. The van der Waals surface area contributed by atoms with Crippen LogP contribution in [0, 0.1) is 22.7 Å². The SMILES string of the molecule is C[C@]12C=CC(=O)CC1=CC[C@H]1[C@@H]3CC[C@](OC(=O)c4ccc(Oc5ccc(O)c(Cl)c5)cc4)(C(=O)S)[C@@]3(C)C[C@H](O)[C@@]12F. The van der Waals surface area contributed by atoms with Crippen molar-refractivity contribution in [2.24, 2.45) is 22.7 Å². The summed E-state index contributed by atoms with van der Waals surface area (Å²) in [6, 6.07) is 10.5. The molecule has 2 aromatic carbocycles. The number of aliphatic hydroxyl groups is 1. The van der Waals surface area contributed by atoms with Crippen molar-refractivity contribution in [3.8, 4) is 17.2 Å². The van der Waals surface area contributed by atoms with E-state index in [9.17, 15) is 24.6 Å². The van der Waals surface area contributed by atoms with Crippen LogP contribution in [0.5, 0.6) is 17.2 Å². The molecule has 7 nitrogen and oxygen atoms in total. The van der Waals surface area contributed by atoms with Crippen LogP contribution < -0.4 is 4.74 Å². The molecule has 4 aliphatic carbocycles. The Kier molecular flexibility index (Phi) is 7.10. The van der Waals surface area contributed by atoms with Gasteiger partial charge in [-0.2, -0.15) is 0 Å². The maximum Gasteiger partial charge on any atom is 0.339 e. The van der Waals surface area contributed by atoms with Crippen molar-refractivity contribution in [2.45, 2.75) is 63.3 Å². The molecular formula is C33H32ClFO7S. The molecule has 0 unspecified atom stereocenters. The number of aliphatic hydroxyl groups excluding tert-OH is 1. The lowest BCUT2D eigenvalue weighted by Gasteiger charge is -2.62. The lowest BCUT2D eigenvalue weighted by atomic mass is 9.45. The zero-order valence-electron chi connectivity index (χ0n) is 23.7. The minimum atomic E-state index is -2.06. The first kappa shape index (κ1) is 29.9. The molecule has 2 aromatic rings. The van der Waals surface area contributed by atoms with E-state index >= 15 is 4.39 Å². The quantitative estimate of drug-likeness (QED) is 0.196. The van der Waals surface area contributed by atoms with Gasteiger partial charge in [-0.25, -0.2) is 9.18 Å². The summed E-state index contributed by atoms with van der Waals surface area (Å²) in [5.74, 6) is -1.19. The van der Waals surface area contributed by atoms with E-state index in [0.29, 0.717) is 29.9 Å². The first-order chi connectivity index (χ1) is 20.2. The maximum absolute atomic E-state index is 17.4. The number of aromatic hydroxyl groups is 1. The Balaban J connectivity index is 1.27. The van der Waals surface area contributed by atoms with Gasteiger partial charge in [-0.05, 0) is 81.0 Å². The van der Waals surface area contributed by atoms with Crippen molar-refractivity contribution in [2.75, 3.05) is 0 Å². The monoisotopic (exact) mass is 626 g/mol. The first-order valence-electron chi connectivity index (χ1n) is 14.3. The van der Waals surface area contributed by atoms with Crippen LogP contribution >= 0.6 is 24.2 Å². The highest BCUT2D eigenvalue weighted by Gasteiger charge is 2.75. The molecule has 43 heavy (non-hydrogen) atoms. The van der Waals surface area contributed by atoms with Gasteiger partial charge in [-0.3, -0.25) is 9.59 Å². The number of carbonyl (C=O) groups is 3. The second-order valence-corrected chi connectivity index (χ2v) is 13.4. The Bertz CT molecular complexity index is 1590. The van der Waals surface area contributed by atoms with Crippen molar-refractivity contribution in [1.29, 1.82) is 0 Å². The minimum Gasteiger partial charge on any atom is -0.506 e. The fourth-order valence-corrected chi connectivity index (χ4v) is 8.81. The Hall–Kier alpha value is -3.14. The number of rotatable bonds is 5. The van der Waals surface area contributed by atoms with Crippen molar-refractivity contribution in [3.63, 3.8) is 0 Å². The highest BCUT2D eigenvalue weighted by Crippen LogP contribution is 2.70. The molecule has 0 heterocycles. The van der Waals surface area contributed by atoms with Gasteiger partial charge in [0.1, 0.15) is 17.2 Å². The van der Waals surface area contributed by atoms with Crippen LogP contribution in [0.3, 0.4) is 0 Å².